The number of hydrogen-bond donors (Lipinski definition) is 2. The van der Waals surface area contributed by atoms with Gasteiger partial charge in [0.05, 0.1) is 18.7 Å². The SMILES string of the molecule is C=CCOc1c(Cl)cc(CNn2nnnc2N)cc1OC. The third-order valence-corrected chi connectivity index (χ3v) is 2.84. The minimum Gasteiger partial charge on any atom is -0.493 e. The Morgan fingerprint density at radius 1 is 1.52 bits per heavy atom. The van der Waals surface area contributed by atoms with Crippen molar-refractivity contribution in [1.82, 2.24) is 20.3 Å². The zero-order valence-corrected chi connectivity index (χ0v) is 12.2. The maximum absolute atomic E-state index is 6.20. The Morgan fingerprint density at radius 3 is 2.95 bits per heavy atom. The number of aromatic nitrogens is 4. The molecular formula is C12H15ClN6O2. The fourth-order valence-electron chi connectivity index (χ4n) is 1.63. The second kappa shape index (κ2) is 6.80. The molecule has 0 saturated carbocycles. The highest BCUT2D eigenvalue weighted by Crippen LogP contribution is 2.36. The molecule has 9 heteroatoms. The first-order chi connectivity index (χ1) is 10.2. The highest BCUT2D eigenvalue weighted by molar-refractivity contribution is 6.32. The smallest absolute Gasteiger partial charge is 0.260 e. The zero-order chi connectivity index (χ0) is 15.2. The Bertz CT molecular complexity index is 630. The van der Waals surface area contributed by atoms with Crippen LogP contribution in [0.2, 0.25) is 5.02 Å². The molecule has 0 unspecified atom stereocenters. The molecule has 0 atom stereocenters. The van der Waals surface area contributed by atoms with Crippen LogP contribution in [0.15, 0.2) is 24.8 Å². The van der Waals surface area contributed by atoms with Gasteiger partial charge in [-0.2, -0.15) is 0 Å². The fourth-order valence-corrected chi connectivity index (χ4v) is 1.92. The van der Waals surface area contributed by atoms with E-state index in [0.29, 0.717) is 29.7 Å². The summed E-state index contributed by atoms with van der Waals surface area (Å²) in [5.74, 6) is 1.18. The maximum atomic E-state index is 6.20. The number of halogens is 1. The summed E-state index contributed by atoms with van der Waals surface area (Å²) in [7, 11) is 1.54. The molecule has 0 bridgehead atoms. The van der Waals surface area contributed by atoms with E-state index < -0.39 is 0 Å². The summed E-state index contributed by atoms with van der Waals surface area (Å²) in [5, 5.41) is 11.1. The van der Waals surface area contributed by atoms with Crippen LogP contribution < -0.4 is 20.6 Å². The van der Waals surface area contributed by atoms with Crippen LogP contribution in [-0.2, 0) is 6.54 Å². The summed E-state index contributed by atoms with van der Waals surface area (Å²) in [4.78, 5) is 1.27. The summed E-state index contributed by atoms with van der Waals surface area (Å²) < 4.78 is 10.8. The van der Waals surface area contributed by atoms with Crippen LogP contribution in [0.1, 0.15) is 5.56 Å². The number of hydrogen-bond acceptors (Lipinski definition) is 7. The number of ether oxygens (including phenoxy) is 2. The topological polar surface area (TPSA) is 100 Å². The first kappa shape index (κ1) is 14.9. The van der Waals surface area contributed by atoms with E-state index in [4.69, 9.17) is 26.8 Å². The number of rotatable bonds is 7. The monoisotopic (exact) mass is 310 g/mol. The Hall–Kier alpha value is -2.48. The summed E-state index contributed by atoms with van der Waals surface area (Å²) in [6, 6.07) is 3.56. The minimum absolute atomic E-state index is 0.166. The van der Waals surface area contributed by atoms with Crippen molar-refractivity contribution < 1.29 is 9.47 Å². The molecule has 0 saturated heterocycles. The number of tetrazole rings is 1. The van der Waals surface area contributed by atoms with Crippen LogP contribution >= 0.6 is 11.6 Å². The molecular weight excluding hydrogens is 296 g/mol. The zero-order valence-electron chi connectivity index (χ0n) is 11.4. The van der Waals surface area contributed by atoms with E-state index >= 15 is 0 Å². The summed E-state index contributed by atoms with van der Waals surface area (Å²) in [6.07, 6.45) is 1.63. The van der Waals surface area contributed by atoms with Crippen molar-refractivity contribution in [2.75, 3.05) is 24.9 Å². The average molecular weight is 311 g/mol. The minimum atomic E-state index is 0.166. The third kappa shape index (κ3) is 3.54. The average Bonchev–Trinajstić information content (AvgIpc) is 2.88. The third-order valence-electron chi connectivity index (χ3n) is 2.56. The van der Waals surface area contributed by atoms with E-state index in [1.54, 1.807) is 25.3 Å². The molecule has 2 aromatic rings. The van der Waals surface area contributed by atoms with Crippen molar-refractivity contribution in [3.05, 3.63) is 35.4 Å². The molecule has 0 aliphatic rings. The highest BCUT2D eigenvalue weighted by Gasteiger charge is 2.12. The van der Waals surface area contributed by atoms with Crippen LogP contribution in [0.3, 0.4) is 0 Å². The van der Waals surface area contributed by atoms with Gasteiger partial charge in [0.15, 0.2) is 11.5 Å². The standard InChI is InChI=1S/C12H15ClN6O2/c1-3-4-21-11-9(13)5-8(6-10(11)20-2)7-15-19-12(14)16-17-18-19/h3,5-6,15H,1,4,7H2,2H3,(H2,14,16,18). The molecule has 0 aliphatic carbocycles. The van der Waals surface area contributed by atoms with Crippen molar-refractivity contribution in [2.45, 2.75) is 6.54 Å². The van der Waals surface area contributed by atoms with E-state index in [0.717, 1.165) is 5.56 Å². The molecule has 112 valence electrons. The number of nitrogens with one attached hydrogen (secondary N) is 1. The summed E-state index contributed by atoms with van der Waals surface area (Å²) >= 11 is 6.20. The number of anilines is 1. The number of nitrogens with two attached hydrogens (primary N) is 1. The fraction of sp³-hybridized carbons (Fsp3) is 0.250. The van der Waals surface area contributed by atoms with Crippen LogP contribution in [0, 0.1) is 0 Å². The molecule has 0 aliphatic heterocycles. The van der Waals surface area contributed by atoms with Gasteiger partial charge in [-0.25, -0.2) is 0 Å². The number of nitrogen functional groups attached to an aromatic ring is 1. The first-order valence-electron chi connectivity index (χ1n) is 6.03. The van der Waals surface area contributed by atoms with Crippen LogP contribution in [0.25, 0.3) is 0 Å². The van der Waals surface area contributed by atoms with Crippen molar-refractivity contribution in [1.29, 1.82) is 0 Å². The number of nitrogens with zero attached hydrogens (tertiary/aromatic N) is 4. The molecule has 1 aromatic heterocycles. The molecule has 0 fully saturated rings. The van der Waals surface area contributed by atoms with Crippen molar-refractivity contribution in [3.63, 3.8) is 0 Å². The van der Waals surface area contributed by atoms with E-state index in [1.165, 1.54) is 4.79 Å². The highest BCUT2D eigenvalue weighted by atomic mass is 35.5. The molecule has 0 spiro atoms. The summed E-state index contributed by atoms with van der Waals surface area (Å²) in [5.41, 5.74) is 9.35. The molecule has 8 nitrogen and oxygen atoms in total. The van der Waals surface area contributed by atoms with Crippen molar-refractivity contribution in [3.8, 4) is 11.5 Å². The Labute approximate surface area is 126 Å². The lowest BCUT2D eigenvalue weighted by Gasteiger charge is -2.13. The van der Waals surface area contributed by atoms with Gasteiger partial charge in [-0.1, -0.05) is 29.4 Å². The lowest BCUT2D eigenvalue weighted by Crippen LogP contribution is -2.18. The van der Waals surface area contributed by atoms with E-state index in [1.807, 2.05) is 0 Å². The number of benzene rings is 1. The van der Waals surface area contributed by atoms with E-state index in [-0.39, 0.29) is 5.95 Å². The first-order valence-corrected chi connectivity index (χ1v) is 6.41. The molecule has 2 rings (SSSR count). The summed E-state index contributed by atoms with van der Waals surface area (Å²) in [6.45, 7) is 4.34. The van der Waals surface area contributed by atoms with Gasteiger partial charge in [-0.15, -0.1) is 4.79 Å². The van der Waals surface area contributed by atoms with E-state index in [9.17, 15) is 0 Å². The van der Waals surface area contributed by atoms with Gasteiger partial charge >= 0.3 is 0 Å². The predicted molar refractivity (Wildman–Crippen MR) is 79.0 cm³/mol. The van der Waals surface area contributed by atoms with Gasteiger partial charge in [0.2, 0.25) is 0 Å². The van der Waals surface area contributed by atoms with Gasteiger partial charge < -0.3 is 20.6 Å². The second-order valence-corrected chi connectivity index (χ2v) is 4.40. The van der Waals surface area contributed by atoms with Crippen LogP contribution in [-0.4, -0.2) is 34.0 Å². The Balaban J connectivity index is 2.15. The molecule has 0 amide bonds. The molecule has 21 heavy (non-hydrogen) atoms. The Kier molecular flexibility index (Phi) is 4.83. The second-order valence-electron chi connectivity index (χ2n) is 3.99. The van der Waals surface area contributed by atoms with Gasteiger partial charge in [0.1, 0.15) is 6.61 Å². The van der Waals surface area contributed by atoms with Crippen molar-refractivity contribution >= 4 is 17.5 Å². The van der Waals surface area contributed by atoms with Gasteiger partial charge in [-0.3, -0.25) is 0 Å². The van der Waals surface area contributed by atoms with Crippen molar-refractivity contribution in [2.24, 2.45) is 0 Å². The normalized spacial score (nSPS) is 10.2. The quantitative estimate of drug-likeness (QED) is 0.742. The molecule has 1 aromatic carbocycles. The molecule has 0 radical (unpaired) electrons. The van der Waals surface area contributed by atoms with Crippen LogP contribution in [0.4, 0.5) is 5.95 Å². The largest absolute Gasteiger partial charge is 0.493 e. The van der Waals surface area contributed by atoms with Gasteiger partial charge in [-0.05, 0) is 28.1 Å². The molecule has 1 heterocycles. The lowest BCUT2D eigenvalue weighted by molar-refractivity contribution is 0.326. The van der Waals surface area contributed by atoms with Gasteiger partial charge in [0, 0.05) is 0 Å². The van der Waals surface area contributed by atoms with E-state index in [2.05, 4.69) is 27.5 Å². The lowest BCUT2D eigenvalue weighted by atomic mass is 10.2. The predicted octanol–water partition coefficient (Wildman–Crippen LogP) is 1.23. The number of methoxy groups -OCH3 is 1. The Morgan fingerprint density at radius 2 is 2.33 bits per heavy atom. The molecule has 3 N–H and O–H groups in total. The van der Waals surface area contributed by atoms with Crippen LogP contribution in [0.5, 0.6) is 11.5 Å². The van der Waals surface area contributed by atoms with Gasteiger partial charge in [0.25, 0.3) is 5.95 Å². The maximum Gasteiger partial charge on any atom is 0.260 e.